The van der Waals surface area contributed by atoms with Gasteiger partial charge in [-0.2, -0.15) is 9.97 Å². The number of alkyl halides is 8. The van der Waals surface area contributed by atoms with E-state index >= 15 is 0 Å². The molecule has 16 atom stereocenters. The number of aliphatic hydroxyl groups is 3. The van der Waals surface area contributed by atoms with Crippen LogP contribution in [0, 0.1) is 17.8 Å². The summed E-state index contributed by atoms with van der Waals surface area (Å²) in [7, 11) is 0. The number of H-pyrrole nitrogens is 2. The van der Waals surface area contributed by atoms with Gasteiger partial charge in [-0.05, 0) is 39.8 Å². The monoisotopic (exact) mass is 1100 g/mol. The number of halogens is 8. The van der Waals surface area contributed by atoms with Crippen LogP contribution in [0.5, 0.6) is 0 Å². The van der Waals surface area contributed by atoms with Crippen LogP contribution in [-0.2, 0) is 18.9 Å². The van der Waals surface area contributed by atoms with Crippen LogP contribution in [0.1, 0.15) is 100 Å². The van der Waals surface area contributed by atoms with E-state index in [-0.39, 0.29) is 24.5 Å². The van der Waals surface area contributed by atoms with Crippen LogP contribution in [0.2, 0.25) is 0 Å². The Labute approximate surface area is 425 Å². The number of hydrogen-bond acceptors (Lipinski definition) is 17. The van der Waals surface area contributed by atoms with Crippen molar-refractivity contribution in [1.29, 1.82) is 0 Å². The summed E-state index contributed by atoms with van der Waals surface area (Å²) in [6.45, 7) is 9.28. The number of aromatic nitrogens is 8. The Morgan fingerprint density at radius 2 is 0.803 bits per heavy atom. The van der Waals surface area contributed by atoms with Crippen molar-refractivity contribution in [2.24, 2.45) is 17.8 Å². The second kappa shape index (κ2) is 21.4. The first-order valence-electron chi connectivity index (χ1n) is 23.3. The molecule has 9 N–H and O–H groups in total. The third kappa shape index (κ3) is 11.0. The molecule has 0 spiro atoms. The van der Waals surface area contributed by atoms with Crippen LogP contribution in [0.3, 0.4) is 0 Å². The van der Waals surface area contributed by atoms with Crippen molar-refractivity contribution >= 4 is 11.6 Å². The summed E-state index contributed by atoms with van der Waals surface area (Å²) in [5, 5.41) is 27.4. The highest BCUT2D eigenvalue weighted by atomic mass is 19.2. The van der Waals surface area contributed by atoms with Gasteiger partial charge in [0.05, 0.1) is 17.8 Å². The van der Waals surface area contributed by atoms with Crippen LogP contribution in [0.4, 0.5) is 46.8 Å². The van der Waals surface area contributed by atoms with Gasteiger partial charge in [0.15, 0.2) is 53.7 Å². The summed E-state index contributed by atoms with van der Waals surface area (Å²) in [5.41, 5.74) is -2.99. The Kier molecular flexibility index (Phi) is 17.1. The van der Waals surface area contributed by atoms with Crippen molar-refractivity contribution < 1.29 is 69.4 Å². The Bertz CT molecular complexity index is 2900. The second-order valence-corrected chi connectivity index (χ2v) is 19.3. The Hall–Kier alpha value is -6.12. The SMILES string of the molecule is CC[C@@]1(F)O[C@@H](n2ccc(=O)[nH]c2=O)[C@](C)(F)[C@@H]1C.CC[C@@]1(F)O[C@@H](n2ccc(N)nc2=O)[C@](C)(F)[C@@H]1C.C[C@H]1[C@@](C)(F)[C@H](n2ccc(=O)[nH]c2=O)O[C@]1(F)CO.C[C@]1(F)[C@H](n2ccc(N)nc2=O)O[C@](F)(CO)[C@H]1O. The lowest BCUT2D eigenvalue weighted by molar-refractivity contribution is -0.207. The molecule has 31 heteroatoms. The zero-order valence-corrected chi connectivity index (χ0v) is 42.4. The summed E-state index contributed by atoms with van der Waals surface area (Å²) in [6.07, 6.45) is -3.89. The Morgan fingerprint density at radius 1 is 0.513 bits per heavy atom. The van der Waals surface area contributed by atoms with Crippen LogP contribution in [0.25, 0.3) is 0 Å². The van der Waals surface area contributed by atoms with Gasteiger partial charge in [0.2, 0.25) is 17.6 Å². The predicted molar refractivity (Wildman–Crippen MR) is 251 cm³/mol. The molecule has 8 heterocycles. The summed E-state index contributed by atoms with van der Waals surface area (Å²) in [5.74, 6) is -13.2. The van der Waals surface area contributed by atoms with Gasteiger partial charge < -0.3 is 45.7 Å². The highest BCUT2D eigenvalue weighted by Gasteiger charge is 2.66. The Morgan fingerprint density at radius 3 is 1.08 bits per heavy atom. The van der Waals surface area contributed by atoms with Gasteiger partial charge in [0.1, 0.15) is 24.8 Å². The van der Waals surface area contributed by atoms with Crippen LogP contribution in [-0.4, -0.2) is 119 Å². The van der Waals surface area contributed by atoms with Crippen molar-refractivity contribution in [2.75, 3.05) is 24.7 Å². The molecule has 0 aromatic carbocycles. The highest BCUT2D eigenvalue weighted by molar-refractivity contribution is 5.25. The third-order valence-corrected chi connectivity index (χ3v) is 14.4. The smallest absolute Gasteiger partial charge is 0.351 e. The maximum atomic E-state index is 14.7. The number of aromatic amines is 2. The van der Waals surface area contributed by atoms with Crippen LogP contribution >= 0.6 is 0 Å². The van der Waals surface area contributed by atoms with Crippen molar-refractivity contribution in [3.63, 3.8) is 0 Å². The quantitative estimate of drug-likeness (QED) is 0.125. The molecule has 4 fully saturated rings. The van der Waals surface area contributed by atoms with Gasteiger partial charge >= 0.3 is 22.8 Å². The Balaban J connectivity index is 0.000000187. The third-order valence-electron chi connectivity index (χ3n) is 14.4. The molecule has 4 aliphatic heterocycles. The van der Waals surface area contributed by atoms with Gasteiger partial charge in [0.25, 0.3) is 17.0 Å². The molecule has 0 saturated carbocycles. The molecule has 23 nitrogen and oxygen atoms in total. The van der Waals surface area contributed by atoms with E-state index in [1.54, 1.807) is 13.8 Å². The number of nitrogen functional groups attached to an aromatic ring is 2. The molecule has 0 aliphatic carbocycles. The molecule has 4 saturated heterocycles. The number of nitrogens with two attached hydrogens (primary N) is 2. The maximum absolute atomic E-state index is 14.7. The number of hydrogen-bond donors (Lipinski definition) is 7. The molecular formula is C45H60F8N10O13. The predicted octanol–water partition coefficient (Wildman–Crippen LogP) is 2.49. The van der Waals surface area contributed by atoms with E-state index in [4.69, 9.17) is 35.9 Å². The fourth-order valence-electron chi connectivity index (χ4n) is 8.86. The average molecular weight is 1100 g/mol. The van der Waals surface area contributed by atoms with Gasteiger partial charge in [-0.15, -0.1) is 0 Å². The van der Waals surface area contributed by atoms with E-state index < -0.39 is 142 Å². The second-order valence-electron chi connectivity index (χ2n) is 19.3. The van der Waals surface area contributed by atoms with Gasteiger partial charge in [-0.1, -0.05) is 34.6 Å². The molecular weight excluding hydrogens is 1040 g/mol. The topological polar surface area (TPSA) is 329 Å². The minimum Gasteiger partial charge on any atom is -0.390 e. The van der Waals surface area contributed by atoms with Crippen molar-refractivity contribution in [1.82, 2.24) is 38.2 Å². The van der Waals surface area contributed by atoms with Gasteiger partial charge in [0, 0.05) is 49.8 Å². The molecule has 8 rings (SSSR count). The zero-order valence-electron chi connectivity index (χ0n) is 42.4. The number of nitrogens with zero attached hydrogens (tertiary/aromatic N) is 6. The van der Waals surface area contributed by atoms with E-state index in [9.17, 15) is 69.0 Å². The number of nitrogens with one attached hydrogen (secondary N) is 2. The summed E-state index contributed by atoms with van der Waals surface area (Å²) in [4.78, 5) is 79.3. The van der Waals surface area contributed by atoms with E-state index in [1.807, 2.05) is 9.97 Å². The molecule has 0 unspecified atom stereocenters. The van der Waals surface area contributed by atoms with Crippen molar-refractivity contribution in [2.45, 2.75) is 152 Å². The first-order valence-corrected chi connectivity index (χ1v) is 23.3. The molecule has 0 amide bonds. The first-order chi connectivity index (χ1) is 34.9. The zero-order chi connectivity index (χ0) is 57.7. The molecule has 4 aliphatic rings. The molecule has 76 heavy (non-hydrogen) atoms. The minimum absolute atomic E-state index is 0.00132. The normalized spacial score (nSPS) is 38.6. The standard InChI is InChI=1S/C12H17F2N3O2.C12H16F2N2O3.C11H14F2N2O4.C10H13F2N3O4/c1-4-12(14)7(2)11(3,13)9(19-12)17-6-5-8(15)16-10(17)18;1-4-12(14)7(2)11(3,13)9(19-12)16-6-5-8(17)15-10(16)18;1-6-10(2,12)8(19-11(6,13)5-16)15-4-3-7(17)14-9(15)18;1-9(11)6(17)10(12,4-16)19-7(9)15-3-2-5(13)14-8(15)18/h5-7,9H,4H2,1-3H3,(H2,15,16,18);5-7,9H,4H2,1-3H3,(H,15,17,18);3-4,6,8,16H,5H2,1-2H3,(H,14,17,18);2-3,6-7,16-17H,4H2,1H3,(H2,13,14,18)/t2*7-,9+,11+,12+;6-,8+,10+,11+;6-,7+,9+,10+/m0000/s1. The van der Waals surface area contributed by atoms with E-state index in [0.717, 1.165) is 58.3 Å². The average Bonchev–Trinajstić information content (AvgIpc) is 3.82. The number of anilines is 2. The molecule has 4 aromatic heterocycles. The molecule has 0 radical (unpaired) electrons. The van der Waals surface area contributed by atoms with Crippen LogP contribution < -0.4 is 45.3 Å². The number of aliphatic hydroxyl groups excluding tert-OH is 3. The summed E-state index contributed by atoms with van der Waals surface area (Å²) in [6, 6.07) is 4.61. The van der Waals surface area contributed by atoms with Crippen molar-refractivity contribution in [3.8, 4) is 0 Å². The van der Waals surface area contributed by atoms with Gasteiger partial charge in [-0.25, -0.2) is 54.3 Å². The fourth-order valence-corrected chi connectivity index (χ4v) is 8.86. The van der Waals surface area contributed by atoms with E-state index in [0.29, 0.717) is 4.57 Å². The maximum Gasteiger partial charge on any atom is 0.351 e. The fraction of sp³-hybridized carbons (Fsp3) is 0.644. The first kappa shape index (κ1) is 60.7. The molecule has 0 bridgehead atoms. The van der Waals surface area contributed by atoms with Crippen LogP contribution in [0.15, 0.2) is 77.8 Å². The minimum atomic E-state index is -2.99. The largest absolute Gasteiger partial charge is 0.390 e. The van der Waals surface area contributed by atoms with E-state index in [2.05, 4.69) is 14.7 Å². The summed E-state index contributed by atoms with van der Waals surface area (Å²) >= 11 is 0. The molecule has 424 valence electrons. The molecule has 4 aromatic rings. The van der Waals surface area contributed by atoms with Gasteiger partial charge in [-0.3, -0.25) is 37.8 Å². The summed E-state index contributed by atoms with van der Waals surface area (Å²) < 4.78 is 138. The number of ether oxygens (including phenoxy) is 4. The van der Waals surface area contributed by atoms with E-state index in [1.165, 1.54) is 52.9 Å². The van der Waals surface area contributed by atoms with Crippen molar-refractivity contribution in [3.05, 3.63) is 112 Å². The lowest BCUT2D eigenvalue weighted by Crippen LogP contribution is -2.46. The highest BCUT2D eigenvalue weighted by Crippen LogP contribution is 2.54. The lowest BCUT2D eigenvalue weighted by atomic mass is 9.87. The number of rotatable bonds is 8. The lowest BCUT2D eigenvalue weighted by Gasteiger charge is -2.25.